The summed E-state index contributed by atoms with van der Waals surface area (Å²) in [6.07, 6.45) is 5.16. The van der Waals surface area contributed by atoms with Crippen molar-refractivity contribution in [1.29, 1.82) is 0 Å². The van der Waals surface area contributed by atoms with Crippen LogP contribution in [0.25, 0.3) is 0 Å². The highest BCUT2D eigenvalue weighted by Crippen LogP contribution is 2.43. The molecule has 0 saturated heterocycles. The van der Waals surface area contributed by atoms with Gasteiger partial charge in [0.05, 0.1) is 12.6 Å². The second-order valence-corrected chi connectivity index (χ2v) is 6.70. The van der Waals surface area contributed by atoms with Gasteiger partial charge >= 0.3 is 0 Å². The van der Waals surface area contributed by atoms with Crippen molar-refractivity contribution < 1.29 is 9.90 Å². The number of benzene rings is 1. The zero-order valence-electron chi connectivity index (χ0n) is 13.1. The van der Waals surface area contributed by atoms with Gasteiger partial charge in [-0.25, -0.2) is 0 Å². The molecule has 0 aliphatic heterocycles. The van der Waals surface area contributed by atoms with Crippen molar-refractivity contribution in [2.75, 3.05) is 6.61 Å². The van der Waals surface area contributed by atoms with E-state index in [0.29, 0.717) is 5.92 Å². The molecule has 1 aliphatic rings. The van der Waals surface area contributed by atoms with Crippen molar-refractivity contribution in [3.8, 4) is 0 Å². The van der Waals surface area contributed by atoms with Crippen LogP contribution >= 0.6 is 0 Å². The highest BCUT2D eigenvalue weighted by atomic mass is 16.3. The normalized spacial score (nSPS) is 18.7. The summed E-state index contributed by atoms with van der Waals surface area (Å²) < 4.78 is 0. The van der Waals surface area contributed by atoms with Gasteiger partial charge in [-0.2, -0.15) is 0 Å². The molecule has 21 heavy (non-hydrogen) atoms. The smallest absolute Gasteiger partial charge is 0.226 e. The SMILES string of the molecule is CC(C)CC1(C(=O)NC(CO)c2ccccc2)CCCC1. The van der Waals surface area contributed by atoms with E-state index in [9.17, 15) is 9.90 Å². The lowest BCUT2D eigenvalue weighted by molar-refractivity contribution is -0.133. The van der Waals surface area contributed by atoms with Crippen LogP contribution in [0, 0.1) is 11.3 Å². The molecule has 2 rings (SSSR count). The van der Waals surface area contributed by atoms with Crippen molar-refractivity contribution in [1.82, 2.24) is 5.32 Å². The van der Waals surface area contributed by atoms with Gasteiger partial charge in [0.1, 0.15) is 0 Å². The van der Waals surface area contributed by atoms with E-state index in [1.165, 1.54) is 0 Å². The number of nitrogens with one attached hydrogen (secondary N) is 1. The van der Waals surface area contributed by atoms with E-state index >= 15 is 0 Å². The highest BCUT2D eigenvalue weighted by Gasteiger charge is 2.41. The van der Waals surface area contributed by atoms with Crippen LogP contribution < -0.4 is 5.32 Å². The Morgan fingerprint density at radius 1 is 1.24 bits per heavy atom. The second kappa shape index (κ2) is 7.08. The molecule has 0 aromatic heterocycles. The first-order chi connectivity index (χ1) is 10.1. The molecule has 0 spiro atoms. The summed E-state index contributed by atoms with van der Waals surface area (Å²) in [7, 11) is 0. The van der Waals surface area contributed by atoms with Gasteiger partial charge in [0, 0.05) is 5.41 Å². The van der Waals surface area contributed by atoms with Gasteiger partial charge in [-0.1, -0.05) is 57.0 Å². The zero-order valence-corrected chi connectivity index (χ0v) is 13.1. The minimum Gasteiger partial charge on any atom is -0.394 e. The largest absolute Gasteiger partial charge is 0.394 e. The first-order valence-electron chi connectivity index (χ1n) is 8.04. The first-order valence-corrected chi connectivity index (χ1v) is 8.04. The topological polar surface area (TPSA) is 49.3 Å². The maximum Gasteiger partial charge on any atom is 0.226 e. The van der Waals surface area contributed by atoms with Crippen LogP contribution in [0.4, 0.5) is 0 Å². The number of hydrogen-bond donors (Lipinski definition) is 2. The summed E-state index contributed by atoms with van der Waals surface area (Å²) in [5, 5.41) is 12.7. The predicted molar refractivity (Wildman–Crippen MR) is 84.8 cm³/mol. The first kappa shape index (κ1) is 16.0. The maximum atomic E-state index is 12.8. The van der Waals surface area contributed by atoms with Crippen LogP contribution in [0.2, 0.25) is 0 Å². The molecule has 0 heterocycles. The molecule has 1 aromatic carbocycles. The van der Waals surface area contributed by atoms with Crippen molar-refractivity contribution in [3.63, 3.8) is 0 Å². The maximum absolute atomic E-state index is 12.8. The summed E-state index contributed by atoms with van der Waals surface area (Å²) in [6, 6.07) is 9.41. The van der Waals surface area contributed by atoms with E-state index in [0.717, 1.165) is 37.7 Å². The van der Waals surface area contributed by atoms with Crippen LogP contribution in [0.5, 0.6) is 0 Å². The summed E-state index contributed by atoms with van der Waals surface area (Å²) >= 11 is 0. The number of aliphatic hydroxyl groups excluding tert-OH is 1. The Morgan fingerprint density at radius 2 is 1.86 bits per heavy atom. The highest BCUT2D eigenvalue weighted by molar-refractivity contribution is 5.83. The fraction of sp³-hybridized carbons (Fsp3) is 0.611. The molecule has 1 amide bonds. The van der Waals surface area contributed by atoms with E-state index in [2.05, 4.69) is 19.2 Å². The molecule has 3 heteroatoms. The average Bonchev–Trinajstić information content (AvgIpc) is 2.94. The molecule has 1 saturated carbocycles. The lowest BCUT2D eigenvalue weighted by atomic mass is 9.77. The summed E-state index contributed by atoms with van der Waals surface area (Å²) in [4.78, 5) is 12.8. The predicted octanol–water partition coefficient (Wildman–Crippen LogP) is 3.44. The Bertz CT molecular complexity index is 450. The quantitative estimate of drug-likeness (QED) is 0.843. The molecule has 2 N–H and O–H groups in total. The number of hydrogen-bond acceptors (Lipinski definition) is 2. The Morgan fingerprint density at radius 3 is 2.38 bits per heavy atom. The lowest BCUT2D eigenvalue weighted by Gasteiger charge is -2.31. The molecular weight excluding hydrogens is 262 g/mol. The number of aliphatic hydroxyl groups is 1. The third-order valence-corrected chi connectivity index (χ3v) is 4.53. The molecule has 3 nitrogen and oxygen atoms in total. The lowest BCUT2D eigenvalue weighted by Crippen LogP contribution is -2.42. The van der Waals surface area contributed by atoms with E-state index in [1.807, 2.05) is 30.3 Å². The van der Waals surface area contributed by atoms with Crippen LogP contribution in [0.3, 0.4) is 0 Å². The van der Waals surface area contributed by atoms with E-state index in [4.69, 9.17) is 0 Å². The van der Waals surface area contributed by atoms with Crippen LogP contribution in [0.15, 0.2) is 30.3 Å². The van der Waals surface area contributed by atoms with Gasteiger partial charge < -0.3 is 10.4 Å². The molecule has 1 unspecified atom stereocenters. The summed E-state index contributed by atoms with van der Waals surface area (Å²) in [5.74, 6) is 0.634. The molecule has 1 atom stereocenters. The Kier molecular flexibility index (Phi) is 5.40. The van der Waals surface area contributed by atoms with Crippen molar-refractivity contribution in [2.45, 2.75) is 52.0 Å². The van der Waals surface area contributed by atoms with Crippen molar-refractivity contribution in [2.24, 2.45) is 11.3 Å². The van der Waals surface area contributed by atoms with Crippen LogP contribution in [-0.2, 0) is 4.79 Å². The van der Waals surface area contributed by atoms with Gasteiger partial charge in [0.25, 0.3) is 0 Å². The molecule has 0 bridgehead atoms. The standard InChI is InChI=1S/C18H27NO2/c1-14(2)12-18(10-6-7-11-18)17(21)19-16(13-20)15-8-4-3-5-9-15/h3-5,8-9,14,16,20H,6-7,10-13H2,1-2H3,(H,19,21). The van der Waals surface area contributed by atoms with Gasteiger partial charge in [0.2, 0.25) is 5.91 Å². The van der Waals surface area contributed by atoms with Crippen LogP contribution in [-0.4, -0.2) is 17.6 Å². The van der Waals surface area contributed by atoms with E-state index in [1.54, 1.807) is 0 Å². The van der Waals surface area contributed by atoms with E-state index < -0.39 is 0 Å². The molecule has 0 radical (unpaired) electrons. The Hall–Kier alpha value is -1.35. The minimum absolute atomic E-state index is 0.0620. The molecule has 1 aromatic rings. The fourth-order valence-electron chi connectivity index (χ4n) is 3.59. The molecular formula is C18H27NO2. The number of amides is 1. The number of rotatable bonds is 6. The fourth-order valence-corrected chi connectivity index (χ4v) is 3.59. The minimum atomic E-state index is -0.302. The van der Waals surface area contributed by atoms with Crippen molar-refractivity contribution in [3.05, 3.63) is 35.9 Å². The summed E-state index contributed by atoms with van der Waals surface area (Å²) in [5.41, 5.74) is 0.738. The van der Waals surface area contributed by atoms with Gasteiger partial charge in [-0.15, -0.1) is 0 Å². The third kappa shape index (κ3) is 3.85. The second-order valence-electron chi connectivity index (χ2n) is 6.70. The van der Waals surface area contributed by atoms with Gasteiger partial charge in [-0.05, 0) is 30.7 Å². The van der Waals surface area contributed by atoms with Gasteiger partial charge in [0.15, 0.2) is 0 Å². The third-order valence-electron chi connectivity index (χ3n) is 4.53. The van der Waals surface area contributed by atoms with Crippen molar-refractivity contribution >= 4 is 5.91 Å². The monoisotopic (exact) mass is 289 g/mol. The average molecular weight is 289 g/mol. The number of carbonyl (C=O) groups excluding carboxylic acids is 1. The van der Waals surface area contributed by atoms with Gasteiger partial charge in [-0.3, -0.25) is 4.79 Å². The Balaban J connectivity index is 2.10. The molecule has 1 aliphatic carbocycles. The number of carbonyl (C=O) groups is 1. The zero-order chi connectivity index (χ0) is 15.3. The van der Waals surface area contributed by atoms with E-state index in [-0.39, 0.29) is 24.0 Å². The Labute approximate surface area is 127 Å². The molecule has 1 fully saturated rings. The molecule has 116 valence electrons. The van der Waals surface area contributed by atoms with Crippen LogP contribution in [0.1, 0.15) is 57.6 Å². The summed E-state index contributed by atoms with van der Waals surface area (Å²) in [6.45, 7) is 4.29.